The van der Waals surface area contributed by atoms with Gasteiger partial charge in [-0.25, -0.2) is 14.4 Å². The zero-order valence-corrected chi connectivity index (χ0v) is 14.3. The van der Waals surface area contributed by atoms with E-state index in [1.54, 1.807) is 0 Å². The second kappa shape index (κ2) is 7.31. The number of halogens is 1. The third kappa shape index (κ3) is 3.87. The van der Waals surface area contributed by atoms with Gasteiger partial charge in [0.15, 0.2) is 5.82 Å². The lowest BCUT2D eigenvalue weighted by molar-refractivity contribution is 0.110. The maximum atomic E-state index is 13.0. The van der Waals surface area contributed by atoms with Crippen LogP contribution in [0.2, 0.25) is 0 Å². The zero-order chi connectivity index (χ0) is 17.1. The van der Waals surface area contributed by atoms with Gasteiger partial charge in [0.1, 0.15) is 0 Å². The van der Waals surface area contributed by atoms with Crippen LogP contribution in [0.25, 0.3) is 6.08 Å². The summed E-state index contributed by atoms with van der Waals surface area (Å²) in [7, 11) is 0. The van der Waals surface area contributed by atoms with Crippen molar-refractivity contribution >= 4 is 12.0 Å². The van der Waals surface area contributed by atoms with Gasteiger partial charge in [-0.3, -0.25) is 4.90 Å². The molecule has 0 radical (unpaired) electrons. The van der Waals surface area contributed by atoms with Crippen LogP contribution in [0.15, 0.2) is 48.8 Å². The number of rotatable bonds is 3. The van der Waals surface area contributed by atoms with Gasteiger partial charge in [0.05, 0.1) is 12.4 Å². The molecule has 130 valence electrons. The van der Waals surface area contributed by atoms with Crippen LogP contribution in [-0.4, -0.2) is 47.1 Å². The first-order valence-electron chi connectivity index (χ1n) is 8.98. The summed E-state index contributed by atoms with van der Waals surface area (Å²) in [6.07, 6.45) is 9.50. The number of fused-ring (bicyclic) bond motifs is 1. The molecule has 4 nitrogen and oxygen atoms in total. The second-order valence-electron chi connectivity index (χ2n) is 6.90. The second-order valence-corrected chi connectivity index (χ2v) is 6.90. The fraction of sp³-hybridized carbons (Fsp3) is 0.400. The molecule has 0 saturated carbocycles. The number of benzene rings is 1. The fourth-order valence-electron chi connectivity index (χ4n) is 3.82. The molecule has 2 unspecified atom stereocenters. The Hall–Kier alpha value is -2.27. The number of hydrogen-bond donors (Lipinski definition) is 0. The molecular formula is C20H23FN4. The molecule has 25 heavy (non-hydrogen) atoms. The summed E-state index contributed by atoms with van der Waals surface area (Å²) in [5.41, 5.74) is 1.27. The summed E-state index contributed by atoms with van der Waals surface area (Å²) in [4.78, 5) is 13.0. The van der Waals surface area contributed by atoms with Crippen LogP contribution in [-0.2, 0) is 0 Å². The standard InChI is InChI=1S/C20H23FN4/c21-18-12-22-20(23-13-18)25-11-10-24-14-17(8-9-19(24)15-25)7-6-16-4-2-1-3-5-16/h1-7,12-13,17,19H,8-11,14-15H2. The van der Waals surface area contributed by atoms with Crippen molar-refractivity contribution < 1.29 is 4.39 Å². The minimum absolute atomic E-state index is 0.381. The van der Waals surface area contributed by atoms with Gasteiger partial charge in [-0.2, -0.15) is 0 Å². The van der Waals surface area contributed by atoms with Crippen molar-refractivity contribution in [3.63, 3.8) is 0 Å². The van der Waals surface area contributed by atoms with Crippen molar-refractivity contribution in [2.45, 2.75) is 18.9 Å². The molecule has 0 amide bonds. The van der Waals surface area contributed by atoms with Crippen LogP contribution in [0.5, 0.6) is 0 Å². The number of anilines is 1. The Labute approximate surface area is 148 Å². The third-order valence-corrected chi connectivity index (χ3v) is 5.19. The van der Waals surface area contributed by atoms with E-state index in [9.17, 15) is 4.39 Å². The lowest BCUT2D eigenvalue weighted by Crippen LogP contribution is -2.56. The van der Waals surface area contributed by atoms with Crippen molar-refractivity contribution in [1.29, 1.82) is 0 Å². The van der Waals surface area contributed by atoms with Gasteiger partial charge in [0, 0.05) is 32.2 Å². The molecule has 2 atom stereocenters. The number of piperidine rings is 1. The maximum absolute atomic E-state index is 13.0. The SMILES string of the molecule is Fc1cnc(N2CCN3CC(C=Cc4ccccc4)CCC3C2)nc1. The van der Waals surface area contributed by atoms with Crippen molar-refractivity contribution in [3.05, 3.63) is 60.2 Å². The Kier molecular flexibility index (Phi) is 4.74. The largest absolute Gasteiger partial charge is 0.338 e. The summed E-state index contributed by atoms with van der Waals surface area (Å²) in [5.74, 6) is 0.880. The van der Waals surface area contributed by atoms with E-state index in [1.165, 1.54) is 30.8 Å². The smallest absolute Gasteiger partial charge is 0.225 e. The van der Waals surface area contributed by atoms with Crippen LogP contribution in [0.4, 0.5) is 10.3 Å². The fourth-order valence-corrected chi connectivity index (χ4v) is 3.82. The summed E-state index contributed by atoms with van der Waals surface area (Å²) in [6.45, 7) is 3.96. The van der Waals surface area contributed by atoms with Gasteiger partial charge in [-0.1, -0.05) is 42.5 Å². The topological polar surface area (TPSA) is 32.3 Å². The summed E-state index contributed by atoms with van der Waals surface area (Å²) < 4.78 is 13.0. The summed E-state index contributed by atoms with van der Waals surface area (Å²) in [5, 5.41) is 0. The number of aromatic nitrogens is 2. The molecule has 4 rings (SSSR count). The van der Waals surface area contributed by atoms with Gasteiger partial charge >= 0.3 is 0 Å². The molecule has 0 aliphatic carbocycles. The van der Waals surface area contributed by atoms with Crippen molar-refractivity contribution in [1.82, 2.24) is 14.9 Å². The first kappa shape index (κ1) is 16.2. The summed E-state index contributed by atoms with van der Waals surface area (Å²) in [6, 6.07) is 11.0. The predicted octanol–water partition coefficient (Wildman–Crippen LogP) is 3.23. The Morgan fingerprint density at radius 1 is 1.00 bits per heavy atom. The van der Waals surface area contributed by atoms with Crippen molar-refractivity contribution in [2.24, 2.45) is 5.92 Å². The average Bonchev–Trinajstić information content (AvgIpc) is 2.67. The quantitative estimate of drug-likeness (QED) is 0.860. The molecule has 2 aliphatic rings. The Bertz CT molecular complexity index is 716. The normalized spacial score (nSPS) is 24.4. The van der Waals surface area contributed by atoms with Gasteiger partial charge in [-0.15, -0.1) is 0 Å². The number of nitrogens with zero attached hydrogens (tertiary/aromatic N) is 4. The molecule has 0 N–H and O–H groups in total. The zero-order valence-electron chi connectivity index (χ0n) is 14.3. The monoisotopic (exact) mass is 338 g/mol. The summed E-state index contributed by atoms with van der Waals surface area (Å²) >= 11 is 0. The molecule has 3 heterocycles. The number of hydrogen-bond acceptors (Lipinski definition) is 4. The van der Waals surface area contributed by atoms with Gasteiger partial charge < -0.3 is 4.90 Å². The highest BCUT2D eigenvalue weighted by atomic mass is 19.1. The third-order valence-electron chi connectivity index (χ3n) is 5.19. The van der Waals surface area contributed by atoms with E-state index in [-0.39, 0.29) is 5.82 Å². The maximum Gasteiger partial charge on any atom is 0.225 e. The first-order valence-corrected chi connectivity index (χ1v) is 8.98. The minimum atomic E-state index is -0.381. The van der Waals surface area contributed by atoms with Crippen LogP contribution >= 0.6 is 0 Å². The van der Waals surface area contributed by atoms with E-state index >= 15 is 0 Å². The van der Waals surface area contributed by atoms with Crippen LogP contribution in [0, 0.1) is 11.7 Å². The molecular weight excluding hydrogens is 315 g/mol. The molecule has 2 aromatic rings. The predicted molar refractivity (Wildman–Crippen MR) is 97.8 cm³/mol. The first-order chi connectivity index (χ1) is 12.3. The molecule has 5 heteroatoms. The highest BCUT2D eigenvalue weighted by Crippen LogP contribution is 2.27. The van der Waals surface area contributed by atoms with Gasteiger partial charge in [0.2, 0.25) is 5.95 Å². The van der Waals surface area contributed by atoms with Crippen molar-refractivity contribution in [2.75, 3.05) is 31.1 Å². The van der Waals surface area contributed by atoms with E-state index in [0.29, 0.717) is 17.9 Å². The lowest BCUT2D eigenvalue weighted by atomic mass is 9.90. The van der Waals surface area contributed by atoms with E-state index in [0.717, 1.165) is 26.2 Å². The Morgan fingerprint density at radius 3 is 2.60 bits per heavy atom. The molecule has 2 fully saturated rings. The number of piperazine rings is 1. The molecule has 0 spiro atoms. The van der Waals surface area contributed by atoms with E-state index in [2.05, 4.69) is 56.2 Å². The van der Waals surface area contributed by atoms with E-state index in [1.807, 2.05) is 6.07 Å². The molecule has 1 aromatic carbocycles. The van der Waals surface area contributed by atoms with E-state index in [4.69, 9.17) is 0 Å². The molecule has 2 aliphatic heterocycles. The molecule has 2 saturated heterocycles. The van der Waals surface area contributed by atoms with Gasteiger partial charge in [-0.05, 0) is 24.3 Å². The molecule has 1 aromatic heterocycles. The van der Waals surface area contributed by atoms with E-state index < -0.39 is 0 Å². The highest BCUT2D eigenvalue weighted by Gasteiger charge is 2.32. The average molecular weight is 338 g/mol. The lowest BCUT2D eigenvalue weighted by Gasteiger charge is -2.45. The van der Waals surface area contributed by atoms with Crippen LogP contribution in [0.3, 0.4) is 0 Å². The molecule has 0 bridgehead atoms. The van der Waals surface area contributed by atoms with Crippen LogP contribution in [0.1, 0.15) is 18.4 Å². The highest BCUT2D eigenvalue weighted by molar-refractivity contribution is 5.49. The van der Waals surface area contributed by atoms with Gasteiger partial charge in [0.25, 0.3) is 0 Å². The Morgan fingerprint density at radius 2 is 1.80 bits per heavy atom. The Balaban J connectivity index is 1.35. The minimum Gasteiger partial charge on any atom is -0.338 e. The van der Waals surface area contributed by atoms with Crippen molar-refractivity contribution in [3.8, 4) is 0 Å². The van der Waals surface area contributed by atoms with Crippen LogP contribution < -0.4 is 4.90 Å².